The molecule has 0 aliphatic heterocycles. The Hall–Kier alpha value is -0.540. The van der Waals surface area contributed by atoms with Gasteiger partial charge in [-0.2, -0.15) is 0 Å². The van der Waals surface area contributed by atoms with Gasteiger partial charge < -0.3 is 5.11 Å². The number of aryl methyl sites for hydroxylation is 1. The van der Waals surface area contributed by atoms with Crippen molar-refractivity contribution in [2.45, 2.75) is 12.3 Å². The third-order valence-corrected chi connectivity index (χ3v) is 2.72. The van der Waals surface area contributed by atoms with E-state index >= 15 is 0 Å². The molecule has 0 spiro atoms. The largest absolute Gasteiger partial charge is 0.478 e. The second-order valence-corrected chi connectivity index (χ2v) is 3.67. The molecule has 0 heterocycles. The molecule has 0 saturated heterocycles. The molecule has 1 rings (SSSR count). The van der Waals surface area contributed by atoms with Gasteiger partial charge >= 0.3 is 5.97 Å². The number of carboxylic acids is 1. The van der Waals surface area contributed by atoms with Crippen LogP contribution in [0.15, 0.2) is 12.1 Å². The van der Waals surface area contributed by atoms with Crippen molar-refractivity contribution in [1.29, 1.82) is 0 Å². The lowest BCUT2D eigenvalue weighted by Crippen LogP contribution is -1.99. The van der Waals surface area contributed by atoms with Crippen LogP contribution in [0.2, 0.25) is 5.02 Å². The zero-order valence-corrected chi connectivity index (χ0v) is 9.32. The average Bonchev–Trinajstić information content (AvgIpc) is 2.07. The summed E-state index contributed by atoms with van der Waals surface area (Å²) in [6.45, 7) is 1.86. The number of benzene rings is 1. The van der Waals surface area contributed by atoms with E-state index in [-0.39, 0.29) is 10.6 Å². The maximum Gasteiger partial charge on any atom is 0.337 e. The Labute approximate surface area is 89.7 Å². The number of halogens is 2. The molecule has 0 atom stereocenters. The maximum absolute atomic E-state index is 10.7. The zero-order valence-electron chi connectivity index (χ0n) is 6.97. The summed E-state index contributed by atoms with van der Waals surface area (Å²) in [6, 6.07) is 3.26. The van der Waals surface area contributed by atoms with E-state index < -0.39 is 5.97 Å². The lowest BCUT2D eigenvalue weighted by Gasteiger charge is -2.05. The molecule has 0 aliphatic carbocycles. The minimum absolute atomic E-state index is 0.156. The summed E-state index contributed by atoms with van der Waals surface area (Å²) < 4.78 is 0. The van der Waals surface area contributed by atoms with E-state index in [1.165, 1.54) is 0 Å². The van der Waals surface area contributed by atoms with Gasteiger partial charge in [0, 0.05) is 5.33 Å². The van der Waals surface area contributed by atoms with Crippen LogP contribution in [0.4, 0.5) is 0 Å². The van der Waals surface area contributed by atoms with Gasteiger partial charge in [0.05, 0.1) is 10.6 Å². The van der Waals surface area contributed by atoms with Gasteiger partial charge in [-0.05, 0) is 30.2 Å². The maximum atomic E-state index is 10.7. The number of carbonyl (C=O) groups is 1. The average molecular weight is 264 g/mol. The zero-order chi connectivity index (χ0) is 10.0. The molecule has 0 fully saturated rings. The standard InChI is InChI=1S/C9H8BrClO2/c1-5-2-7(9(12)13)8(11)3-6(5)4-10/h2-3H,4H2,1H3,(H,12,13). The summed E-state index contributed by atoms with van der Waals surface area (Å²) in [7, 11) is 0. The molecule has 0 saturated carbocycles. The number of hydrogen-bond donors (Lipinski definition) is 1. The summed E-state index contributed by atoms with van der Waals surface area (Å²) in [5.74, 6) is -0.991. The van der Waals surface area contributed by atoms with E-state index in [2.05, 4.69) is 15.9 Å². The Morgan fingerprint density at radius 1 is 1.62 bits per heavy atom. The monoisotopic (exact) mass is 262 g/mol. The quantitative estimate of drug-likeness (QED) is 0.832. The first kappa shape index (κ1) is 10.5. The second-order valence-electron chi connectivity index (χ2n) is 2.70. The molecule has 0 bridgehead atoms. The van der Waals surface area contributed by atoms with Crippen LogP contribution < -0.4 is 0 Å². The van der Waals surface area contributed by atoms with E-state index in [4.69, 9.17) is 16.7 Å². The van der Waals surface area contributed by atoms with Crippen molar-refractivity contribution < 1.29 is 9.90 Å². The lowest BCUT2D eigenvalue weighted by molar-refractivity contribution is 0.0697. The Bertz CT molecular complexity index is 350. The molecule has 1 aromatic carbocycles. The van der Waals surface area contributed by atoms with E-state index in [0.29, 0.717) is 5.33 Å². The first-order valence-corrected chi connectivity index (χ1v) is 5.14. The molecule has 0 aliphatic rings. The highest BCUT2D eigenvalue weighted by molar-refractivity contribution is 9.08. The van der Waals surface area contributed by atoms with Crippen LogP contribution in [0.25, 0.3) is 0 Å². The first-order valence-electron chi connectivity index (χ1n) is 3.64. The van der Waals surface area contributed by atoms with Crippen molar-refractivity contribution >= 4 is 33.5 Å². The van der Waals surface area contributed by atoms with Crippen LogP contribution in [-0.4, -0.2) is 11.1 Å². The summed E-state index contributed by atoms with van der Waals surface area (Å²) in [4.78, 5) is 10.7. The van der Waals surface area contributed by atoms with Gasteiger partial charge in [-0.3, -0.25) is 0 Å². The number of rotatable bonds is 2. The second kappa shape index (κ2) is 4.11. The van der Waals surface area contributed by atoms with Crippen molar-refractivity contribution in [2.24, 2.45) is 0 Å². The minimum atomic E-state index is -0.991. The van der Waals surface area contributed by atoms with Gasteiger partial charge in [0.15, 0.2) is 0 Å². The van der Waals surface area contributed by atoms with Crippen LogP contribution >= 0.6 is 27.5 Å². The van der Waals surface area contributed by atoms with Gasteiger partial charge in [-0.15, -0.1) is 0 Å². The van der Waals surface area contributed by atoms with E-state index in [9.17, 15) is 4.79 Å². The highest BCUT2D eigenvalue weighted by atomic mass is 79.9. The molecule has 0 amide bonds. The summed E-state index contributed by atoms with van der Waals surface area (Å²) in [6.07, 6.45) is 0. The molecule has 70 valence electrons. The predicted molar refractivity (Wildman–Crippen MR) is 55.8 cm³/mol. The van der Waals surface area contributed by atoms with Crippen molar-refractivity contribution in [3.63, 3.8) is 0 Å². The number of carboxylic acid groups (broad SMARTS) is 1. The van der Waals surface area contributed by atoms with E-state index in [1.54, 1.807) is 12.1 Å². The SMILES string of the molecule is Cc1cc(C(=O)O)c(Cl)cc1CBr. The van der Waals surface area contributed by atoms with Gasteiger partial charge in [-0.25, -0.2) is 4.79 Å². The third kappa shape index (κ3) is 2.23. The first-order chi connectivity index (χ1) is 6.06. The van der Waals surface area contributed by atoms with Crippen LogP contribution in [-0.2, 0) is 5.33 Å². The Morgan fingerprint density at radius 3 is 2.69 bits per heavy atom. The highest BCUT2D eigenvalue weighted by Gasteiger charge is 2.10. The van der Waals surface area contributed by atoms with Crippen LogP contribution in [0.5, 0.6) is 0 Å². The molecule has 1 N–H and O–H groups in total. The van der Waals surface area contributed by atoms with Crippen LogP contribution in [0.1, 0.15) is 21.5 Å². The molecule has 0 radical (unpaired) electrons. The molecule has 0 unspecified atom stereocenters. The van der Waals surface area contributed by atoms with Crippen molar-refractivity contribution in [3.8, 4) is 0 Å². The molecule has 4 heteroatoms. The van der Waals surface area contributed by atoms with Gasteiger partial charge in [-0.1, -0.05) is 27.5 Å². The van der Waals surface area contributed by atoms with Gasteiger partial charge in [0.1, 0.15) is 0 Å². The Kier molecular flexibility index (Phi) is 3.33. The molecular weight excluding hydrogens is 255 g/mol. The fraction of sp³-hybridized carbons (Fsp3) is 0.222. The third-order valence-electron chi connectivity index (χ3n) is 1.80. The molecule has 1 aromatic rings. The smallest absolute Gasteiger partial charge is 0.337 e. The van der Waals surface area contributed by atoms with Crippen LogP contribution in [0.3, 0.4) is 0 Å². The number of aromatic carboxylic acids is 1. The summed E-state index contributed by atoms with van der Waals surface area (Å²) >= 11 is 9.07. The fourth-order valence-electron chi connectivity index (χ4n) is 1.03. The normalized spacial score (nSPS) is 10.1. The Balaban J connectivity index is 3.28. The predicted octanol–water partition coefficient (Wildman–Crippen LogP) is 3.24. The number of hydrogen-bond acceptors (Lipinski definition) is 1. The minimum Gasteiger partial charge on any atom is -0.478 e. The van der Waals surface area contributed by atoms with E-state index in [0.717, 1.165) is 11.1 Å². The van der Waals surface area contributed by atoms with E-state index in [1.807, 2.05) is 6.92 Å². The molecule has 2 nitrogen and oxygen atoms in total. The molecular formula is C9H8BrClO2. The molecule has 0 aromatic heterocycles. The summed E-state index contributed by atoms with van der Waals surface area (Å²) in [5, 5.41) is 9.72. The van der Waals surface area contributed by atoms with Crippen molar-refractivity contribution in [1.82, 2.24) is 0 Å². The highest BCUT2D eigenvalue weighted by Crippen LogP contribution is 2.22. The Morgan fingerprint density at radius 2 is 2.23 bits per heavy atom. The van der Waals surface area contributed by atoms with Gasteiger partial charge in [0.2, 0.25) is 0 Å². The van der Waals surface area contributed by atoms with Crippen molar-refractivity contribution in [2.75, 3.05) is 0 Å². The topological polar surface area (TPSA) is 37.3 Å². The fourth-order valence-corrected chi connectivity index (χ4v) is 1.90. The van der Waals surface area contributed by atoms with Crippen LogP contribution in [0, 0.1) is 6.92 Å². The summed E-state index contributed by atoms with van der Waals surface area (Å²) in [5.41, 5.74) is 2.09. The number of alkyl halides is 1. The van der Waals surface area contributed by atoms with Gasteiger partial charge in [0.25, 0.3) is 0 Å². The lowest BCUT2D eigenvalue weighted by atomic mass is 10.1. The van der Waals surface area contributed by atoms with Crippen molar-refractivity contribution in [3.05, 3.63) is 33.8 Å². The molecule has 13 heavy (non-hydrogen) atoms.